The van der Waals surface area contributed by atoms with E-state index in [9.17, 15) is 14.4 Å². The van der Waals surface area contributed by atoms with Gasteiger partial charge in [-0.25, -0.2) is 5.43 Å². The molecule has 0 saturated carbocycles. The second-order valence-electron chi connectivity index (χ2n) is 7.86. The maximum atomic E-state index is 12.4. The van der Waals surface area contributed by atoms with E-state index in [-0.39, 0.29) is 19.1 Å². The molecule has 11 heteroatoms. The van der Waals surface area contributed by atoms with E-state index in [0.29, 0.717) is 39.6 Å². The lowest BCUT2D eigenvalue weighted by Crippen LogP contribution is -2.37. The predicted octanol–water partition coefficient (Wildman–Crippen LogP) is 3.84. The molecule has 0 atom stereocenters. The first-order valence-corrected chi connectivity index (χ1v) is 12.2. The molecule has 0 fully saturated rings. The Morgan fingerprint density at radius 1 is 1.05 bits per heavy atom. The first kappa shape index (κ1) is 27.5. The number of furan rings is 1. The lowest BCUT2D eigenvalue weighted by Gasteiger charge is -2.15. The average Bonchev–Trinajstić information content (AvgIpc) is 3.38. The molecule has 0 saturated heterocycles. The van der Waals surface area contributed by atoms with Gasteiger partial charge in [-0.05, 0) is 89.8 Å². The Morgan fingerprint density at radius 3 is 2.57 bits per heavy atom. The number of ether oxygens (including phenoxy) is 2. The van der Waals surface area contributed by atoms with Gasteiger partial charge in [-0.2, -0.15) is 5.10 Å². The van der Waals surface area contributed by atoms with Gasteiger partial charge in [-0.3, -0.25) is 14.4 Å². The molecule has 2 aromatic carbocycles. The molecular formula is C26H27BrN4O6. The van der Waals surface area contributed by atoms with Crippen LogP contribution in [0.15, 0.2) is 62.7 Å². The number of nitrogens with zero attached hydrogens (tertiary/aromatic N) is 1. The number of anilines is 1. The molecule has 0 aliphatic rings. The van der Waals surface area contributed by atoms with E-state index in [2.05, 4.69) is 37.1 Å². The summed E-state index contributed by atoms with van der Waals surface area (Å²) in [7, 11) is 0. The Bertz CT molecular complexity index is 1290. The third kappa shape index (κ3) is 8.21. The van der Waals surface area contributed by atoms with E-state index in [0.717, 1.165) is 11.1 Å². The van der Waals surface area contributed by atoms with Gasteiger partial charge in [0.2, 0.25) is 0 Å². The average molecular weight is 571 g/mol. The lowest BCUT2D eigenvalue weighted by atomic mass is 10.1. The van der Waals surface area contributed by atoms with Crippen LogP contribution in [0.2, 0.25) is 0 Å². The molecule has 3 aromatic rings. The zero-order valence-corrected chi connectivity index (χ0v) is 22.2. The number of hydrogen-bond acceptors (Lipinski definition) is 7. The van der Waals surface area contributed by atoms with Crippen LogP contribution >= 0.6 is 15.9 Å². The Kier molecular flexibility index (Phi) is 9.84. The molecule has 1 heterocycles. The summed E-state index contributed by atoms with van der Waals surface area (Å²) >= 11 is 3.43. The van der Waals surface area contributed by atoms with E-state index >= 15 is 0 Å². The monoisotopic (exact) mass is 570 g/mol. The van der Waals surface area contributed by atoms with Crippen molar-refractivity contribution in [2.75, 3.05) is 18.5 Å². The number of halogens is 1. The van der Waals surface area contributed by atoms with E-state index in [4.69, 9.17) is 13.9 Å². The van der Waals surface area contributed by atoms with E-state index in [1.165, 1.54) is 12.5 Å². The summed E-state index contributed by atoms with van der Waals surface area (Å²) in [5, 5.41) is 9.06. The number of hydrogen-bond donors (Lipinski definition) is 3. The number of hydrazone groups is 1. The first-order chi connectivity index (χ1) is 17.8. The highest BCUT2D eigenvalue weighted by Crippen LogP contribution is 2.36. The maximum Gasteiger partial charge on any atom is 0.329 e. The SMILES string of the molecule is CCOc1cc(/C=N\NC(=O)C(=O)NCc2ccco2)cc(Br)c1OCC(=O)Nc1ccc(C)c(C)c1. The van der Waals surface area contributed by atoms with Crippen LogP contribution in [0.25, 0.3) is 0 Å². The van der Waals surface area contributed by atoms with Crippen molar-refractivity contribution in [1.82, 2.24) is 10.7 Å². The van der Waals surface area contributed by atoms with Gasteiger partial charge in [-0.15, -0.1) is 0 Å². The molecule has 0 bridgehead atoms. The standard InChI is InChI=1S/C26H27BrN4O6/c1-4-35-22-12-18(13-29-31-26(34)25(33)28-14-20-6-5-9-36-20)11-21(27)24(22)37-15-23(32)30-19-8-7-16(2)17(3)10-19/h5-13H,4,14-15H2,1-3H3,(H,28,33)(H,30,32)(H,31,34)/b29-13-. The van der Waals surface area contributed by atoms with Crippen molar-refractivity contribution in [2.24, 2.45) is 5.10 Å². The van der Waals surface area contributed by atoms with Gasteiger partial charge < -0.3 is 24.5 Å². The molecule has 0 radical (unpaired) electrons. The quantitative estimate of drug-likeness (QED) is 0.193. The van der Waals surface area contributed by atoms with Crippen LogP contribution in [-0.4, -0.2) is 37.1 Å². The fourth-order valence-electron chi connectivity index (χ4n) is 3.10. The lowest BCUT2D eigenvalue weighted by molar-refractivity contribution is -0.139. The van der Waals surface area contributed by atoms with Crippen LogP contribution in [0.4, 0.5) is 5.69 Å². The minimum Gasteiger partial charge on any atom is -0.490 e. The maximum absolute atomic E-state index is 12.4. The van der Waals surface area contributed by atoms with Gasteiger partial charge in [-0.1, -0.05) is 6.07 Å². The third-order valence-electron chi connectivity index (χ3n) is 5.06. The molecule has 3 amide bonds. The van der Waals surface area contributed by atoms with Crippen molar-refractivity contribution in [1.29, 1.82) is 0 Å². The summed E-state index contributed by atoms with van der Waals surface area (Å²) in [6, 6.07) is 12.3. The minimum atomic E-state index is -0.929. The van der Waals surface area contributed by atoms with Gasteiger partial charge in [0.15, 0.2) is 18.1 Å². The van der Waals surface area contributed by atoms with Gasteiger partial charge in [0, 0.05) is 5.69 Å². The van der Waals surface area contributed by atoms with Crippen molar-refractivity contribution in [3.05, 3.63) is 75.7 Å². The first-order valence-electron chi connectivity index (χ1n) is 11.4. The summed E-state index contributed by atoms with van der Waals surface area (Å²) in [6.45, 7) is 5.98. The van der Waals surface area contributed by atoms with Gasteiger partial charge in [0.25, 0.3) is 5.91 Å². The van der Waals surface area contributed by atoms with Crippen LogP contribution in [0.1, 0.15) is 29.4 Å². The Morgan fingerprint density at radius 2 is 1.86 bits per heavy atom. The molecule has 37 heavy (non-hydrogen) atoms. The van der Waals surface area contributed by atoms with E-state index < -0.39 is 11.8 Å². The van der Waals surface area contributed by atoms with Crippen molar-refractivity contribution in [3.63, 3.8) is 0 Å². The second-order valence-corrected chi connectivity index (χ2v) is 8.71. The number of carbonyl (C=O) groups is 3. The summed E-state index contributed by atoms with van der Waals surface area (Å²) in [5.41, 5.74) is 5.61. The fraction of sp³-hybridized carbons (Fsp3) is 0.231. The Balaban J connectivity index is 1.58. The molecule has 0 unspecified atom stereocenters. The normalized spacial score (nSPS) is 10.7. The zero-order valence-electron chi connectivity index (χ0n) is 20.6. The number of nitrogens with one attached hydrogen (secondary N) is 3. The van der Waals surface area contributed by atoms with Crippen molar-refractivity contribution < 1.29 is 28.3 Å². The predicted molar refractivity (Wildman–Crippen MR) is 142 cm³/mol. The largest absolute Gasteiger partial charge is 0.490 e. The van der Waals surface area contributed by atoms with Gasteiger partial charge >= 0.3 is 11.8 Å². The number of carbonyl (C=O) groups excluding carboxylic acids is 3. The third-order valence-corrected chi connectivity index (χ3v) is 5.65. The highest BCUT2D eigenvalue weighted by Gasteiger charge is 2.15. The smallest absolute Gasteiger partial charge is 0.329 e. The molecule has 10 nitrogen and oxygen atoms in total. The van der Waals surface area contributed by atoms with Crippen LogP contribution < -0.4 is 25.5 Å². The number of benzene rings is 2. The summed E-state index contributed by atoms with van der Waals surface area (Å²) < 4.78 is 17.0. The van der Waals surface area contributed by atoms with Gasteiger partial charge in [0.05, 0.1) is 30.1 Å². The van der Waals surface area contributed by atoms with Crippen molar-refractivity contribution in [3.8, 4) is 11.5 Å². The van der Waals surface area contributed by atoms with Crippen LogP contribution in [0, 0.1) is 13.8 Å². The number of rotatable bonds is 10. The molecule has 3 N–H and O–H groups in total. The topological polar surface area (TPSA) is 131 Å². The number of amides is 3. The molecule has 0 aliphatic carbocycles. The van der Waals surface area contributed by atoms with Crippen LogP contribution in [0.3, 0.4) is 0 Å². The Hall–Kier alpha value is -4.12. The molecule has 1 aromatic heterocycles. The summed E-state index contributed by atoms with van der Waals surface area (Å²) in [5.74, 6) is -0.871. The summed E-state index contributed by atoms with van der Waals surface area (Å²) in [4.78, 5) is 36.2. The van der Waals surface area contributed by atoms with E-state index in [1.807, 2.05) is 39.0 Å². The van der Waals surface area contributed by atoms with Crippen LogP contribution in [-0.2, 0) is 20.9 Å². The van der Waals surface area contributed by atoms with Crippen LogP contribution in [0.5, 0.6) is 11.5 Å². The second kappa shape index (κ2) is 13.3. The molecule has 0 aliphatic heterocycles. The molecule has 0 spiro atoms. The fourth-order valence-corrected chi connectivity index (χ4v) is 3.67. The Labute approximate surface area is 222 Å². The summed E-state index contributed by atoms with van der Waals surface area (Å²) in [6.07, 6.45) is 2.82. The highest BCUT2D eigenvalue weighted by molar-refractivity contribution is 9.10. The zero-order chi connectivity index (χ0) is 26.8. The highest BCUT2D eigenvalue weighted by atomic mass is 79.9. The van der Waals surface area contributed by atoms with Gasteiger partial charge in [0.1, 0.15) is 5.76 Å². The minimum absolute atomic E-state index is 0.0811. The number of aryl methyl sites for hydroxylation is 2. The van der Waals surface area contributed by atoms with Crippen molar-refractivity contribution in [2.45, 2.75) is 27.3 Å². The molecular weight excluding hydrogens is 544 g/mol. The van der Waals surface area contributed by atoms with E-state index in [1.54, 1.807) is 24.3 Å². The molecule has 3 rings (SSSR count). The molecule has 194 valence electrons. The van der Waals surface area contributed by atoms with Crippen molar-refractivity contribution >= 4 is 45.6 Å².